The van der Waals surface area contributed by atoms with E-state index in [0.29, 0.717) is 0 Å². The van der Waals surface area contributed by atoms with Crippen molar-refractivity contribution in [3.63, 3.8) is 0 Å². The van der Waals surface area contributed by atoms with E-state index >= 15 is 0 Å². The molecule has 0 unspecified atom stereocenters. The minimum absolute atomic E-state index is 1.19. The fourth-order valence-electron chi connectivity index (χ4n) is 8.39. The summed E-state index contributed by atoms with van der Waals surface area (Å²) < 4.78 is 9.66. The van der Waals surface area contributed by atoms with E-state index in [-0.39, 0.29) is 0 Å². The summed E-state index contributed by atoms with van der Waals surface area (Å²) in [4.78, 5) is 0. The predicted octanol–water partition coefficient (Wildman–Crippen LogP) is 15.4. The Bertz CT molecular complexity index is 928. The highest BCUT2D eigenvalue weighted by atomic mass is 15.1. The van der Waals surface area contributed by atoms with Crippen molar-refractivity contribution in [1.29, 1.82) is 0 Å². The number of nitrogens with zero attached hydrogens (tertiary/aromatic N) is 4. The van der Waals surface area contributed by atoms with Gasteiger partial charge in [0.05, 0.1) is 26.2 Å². The molecule has 2 aromatic rings. The third-order valence-corrected chi connectivity index (χ3v) is 12.1. The van der Waals surface area contributed by atoms with Crippen molar-refractivity contribution < 1.29 is 9.13 Å². The van der Waals surface area contributed by atoms with Crippen LogP contribution in [0.2, 0.25) is 0 Å². The number of aryl methyl sites for hydroxylation is 4. The highest BCUT2D eigenvalue weighted by Crippen LogP contribution is 2.15. The van der Waals surface area contributed by atoms with Crippen molar-refractivity contribution in [1.82, 2.24) is 9.13 Å². The summed E-state index contributed by atoms with van der Waals surface area (Å²) >= 11 is 0. The fraction of sp³-hybridized carbons (Fsp3) is 0.880. The van der Waals surface area contributed by atoms with Gasteiger partial charge in [-0.3, -0.25) is 0 Å². The summed E-state index contributed by atoms with van der Waals surface area (Å²) in [5.74, 6) is 0. The second-order valence-electron chi connectivity index (χ2n) is 17.5. The van der Waals surface area contributed by atoms with Gasteiger partial charge in [0, 0.05) is 0 Å². The van der Waals surface area contributed by atoms with E-state index in [1.807, 2.05) is 0 Å². The quantitative estimate of drug-likeness (QED) is 0.0474. The Morgan fingerprint density at radius 2 is 0.500 bits per heavy atom. The normalized spacial score (nSPS) is 11.7. The molecule has 2 aromatic heterocycles. The number of hydrogen-bond donors (Lipinski definition) is 0. The van der Waals surface area contributed by atoms with E-state index in [9.17, 15) is 0 Å². The Hall–Kier alpha value is -1.58. The van der Waals surface area contributed by atoms with Gasteiger partial charge in [-0.25, -0.2) is 18.3 Å². The molecule has 0 bridgehead atoms. The van der Waals surface area contributed by atoms with Gasteiger partial charge in [-0.2, -0.15) is 0 Å². The number of unbranched alkanes of at least 4 members (excludes halogenated alkanes) is 35. The molecular formula is C50H96N4+2. The van der Waals surface area contributed by atoms with Gasteiger partial charge in [0.1, 0.15) is 24.8 Å². The van der Waals surface area contributed by atoms with E-state index in [0.717, 1.165) is 0 Å². The topological polar surface area (TPSA) is 17.6 Å². The molecule has 0 fully saturated rings. The minimum atomic E-state index is 1.19. The van der Waals surface area contributed by atoms with E-state index < -0.39 is 0 Å². The molecule has 0 radical (unpaired) electrons. The molecule has 0 amide bonds. The minimum Gasteiger partial charge on any atom is -0.237 e. The van der Waals surface area contributed by atoms with Gasteiger partial charge in [-0.05, 0) is 51.4 Å². The summed E-state index contributed by atoms with van der Waals surface area (Å²) in [5, 5.41) is 0. The molecule has 0 aromatic carbocycles. The van der Waals surface area contributed by atoms with Crippen molar-refractivity contribution in [2.75, 3.05) is 0 Å². The van der Waals surface area contributed by atoms with E-state index in [1.54, 1.807) is 0 Å². The number of hydrogen-bond acceptors (Lipinski definition) is 0. The zero-order chi connectivity index (χ0) is 38.3. The van der Waals surface area contributed by atoms with Crippen LogP contribution in [0.25, 0.3) is 0 Å². The summed E-state index contributed by atoms with van der Waals surface area (Å²) in [6.07, 6.45) is 68.0. The maximum atomic E-state index is 2.41. The number of aromatic nitrogens is 4. The first kappa shape index (κ1) is 48.6. The third-order valence-electron chi connectivity index (χ3n) is 12.1. The molecule has 0 aliphatic heterocycles. The van der Waals surface area contributed by atoms with Crippen LogP contribution in [0.15, 0.2) is 37.4 Å². The molecular weight excluding hydrogens is 657 g/mol. The lowest BCUT2D eigenvalue weighted by molar-refractivity contribution is -0.697. The monoisotopic (exact) mass is 753 g/mol. The van der Waals surface area contributed by atoms with Crippen LogP contribution in [-0.2, 0) is 26.2 Å². The average Bonchev–Trinajstić information content (AvgIpc) is 3.84. The predicted molar refractivity (Wildman–Crippen MR) is 236 cm³/mol. The lowest BCUT2D eigenvalue weighted by Crippen LogP contribution is -2.30. The zero-order valence-electron chi connectivity index (χ0n) is 37.0. The first-order valence-corrected chi connectivity index (χ1v) is 24.9. The summed E-state index contributed by atoms with van der Waals surface area (Å²) in [6.45, 7) is 9.37. The van der Waals surface area contributed by atoms with E-state index in [1.165, 1.54) is 270 Å². The molecule has 4 nitrogen and oxygen atoms in total. The smallest absolute Gasteiger partial charge is 0.237 e. The van der Waals surface area contributed by atoms with Gasteiger partial charge >= 0.3 is 0 Å². The highest BCUT2D eigenvalue weighted by molar-refractivity contribution is 4.67. The maximum absolute atomic E-state index is 2.41. The fourth-order valence-corrected chi connectivity index (χ4v) is 8.39. The molecule has 2 heterocycles. The van der Waals surface area contributed by atoms with Crippen molar-refractivity contribution >= 4 is 0 Å². The second-order valence-corrected chi connectivity index (χ2v) is 17.5. The molecule has 0 N–H and O–H groups in total. The van der Waals surface area contributed by atoms with Crippen LogP contribution in [0, 0.1) is 0 Å². The zero-order valence-corrected chi connectivity index (χ0v) is 37.0. The molecule has 2 rings (SSSR count). The lowest BCUT2D eigenvalue weighted by atomic mass is 10.0. The summed E-state index contributed by atoms with van der Waals surface area (Å²) in [5.41, 5.74) is 0. The lowest BCUT2D eigenvalue weighted by Gasteiger charge is -2.03. The molecule has 0 aliphatic carbocycles. The molecule has 0 atom stereocenters. The third kappa shape index (κ3) is 30.6. The Morgan fingerprint density at radius 3 is 0.759 bits per heavy atom. The van der Waals surface area contributed by atoms with Crippen molar-refractivity contribution in [2.24, 2.45) is 0 Å². The second kappa shape index (κ2) is 38.3. The van der Waals surface area contributed by atoms with E-state index in [4.69, 9.17) is 0 Å². The van der Waals surface area contributed by atoms with Crippen LogP contribution >= 0.6 is 0 Å². The highest BCUT2D eigenvalue weighted by Gasteiger charge is 2.05. The average molecular weight is 753 g/mol. The number of imidazole rings is 2. The number of rotatable bonds is 43. The van der Waals surface area contributed by atoms with Crippen LogP contribution in [0.3, 0.4) is 0 Å². The molecule has 54 heavy (non-hydrogen) atoms. The van der Waals surface area contributed by atoms with Gasteiger partial charge in [-0.1, -0.05) is 206 Å². The van der Waals surface area contributed by atoms with Crippen molar-refractivity contribution in [3.8, 4) is 0 Å². The first-order chi connectivity index (χ1) is 26.8. The summed E-state index contributed by atoms with van der Waals surface area (Å²) in [7, 11) is 0. The van der Waals surface area contributed by atoms with Crippen molar-refractivity contribution in [2.45, 2.75) is 284 Å². The Labute approximate surface area is 338 Å². The van der Waals surface area contributed by atoms with Gasteiger partial charge in [0.2, 0.25) is 12.7 Å². The SMILES string of the molecule is CCCCCCCCCCCCCCCC[n+]1ccn(CCCCCCCCCCCCn2cc[n+](CCCCCCCCCCCCCCCC)c2)c1. The molecule has 4 heteroatoms. The van der Waals surface area contributed by atoms with E-state index in [2.05, 4.69) is 69.6 Å². The molecule has 314 valence electrons. The summed E-state index contributed by atoms with van der Waals surface area (Å²) in [6, 6.07) is 0. The van der Waals surface area contributed by atoms with Gasteiger partial charge in [-0.15, -0.1) is 0 Å². The molecule has 0 aliphatic rings. The Balaban J connectivity index is 1.27. The standard InChI is InChI=1S/C50H96N4/c1-3-5-7-9-11-13-15-17-19-21-25-29-33-37-41-51-45-47-53(49-51)43-39-35-31-27-23-24-28-32-36-40-44-54-48-46-52(50-54)42-38-34-30-26-22-20-18-16-14-12-10-8-6-4-2/h45-50H,3-44H2,1-2H3/q+2. The van der Waals surface area contributed by atoms with Crippen LogP contribution in [0.4, 0.5) is 0 Å². The molecule has 0 saturated heterocycles. The van der Waals surface area contributed by atoms with Crippen LogP contribution in [0.1, 0.15) is 258 Å². The molecule has 0 spiro atoms. The maximum Gasteiger partial charge on any atom is 0.243 e. The Kier molecular flexibility index (Phi) is 34.4. The van der Waals surface area contributed by atoms with Crippen LogP contribution in [0.5, 0.6) is 0 Å². The van der Waals surface area contributed by atoms with Gasteiger partial charge in [0.25, 0.3) is 0 Å². The van der Waals surface area contributed by atoms with Crippen LogP contribution in [-0.4, -0.2) is 9.13 Å². The van der Waals surface area contributed by atoms with Crippen molar-refractivity contribution in [3.05, 3.63) is 37.4 Å². The van der Waals surface area contributed by atoms with Crippen LogP contribution < -0.4 is 9.13 Å². The largest absolute Gasteiger partial charge is 0.243 e. The van der Waals surface area contributed by atoms with Gasteiger partial charge in [0.15, 0.2) is 0 Å². The Morgan fingerprint density at radius 1 is 0.278 bits per heavy atom. The first-order valence-electron chi connectivity index (χ1n) is 24.9. The van der Waals surface area contributed by atoms with Gasteiger partial charge < -0.3 is 0 Å². The molecule has 0 saturated carbocycles.